The number of alkyl halides is 1. The van der Waals surface area contributed by atoms with Crippen molar-refractivity contribution < 1.29 is 9.53 Å². The maximum Gasteiger partial charge on any atom is 0.240 e. The fraction of sp³-hybridized carbons (Fsp3) is 0.318. The highest BCUT2D eigenvalue weighted by atomic mass is 35.5. The van der Waals surface area contributed by atoms with Crippen LogP contribution in [0.3, 0.4) is 0 Å². The summed E-state index contributed by atoms with van der Waals surface area (Å²) >= 11 is 11.9. The lowest BCUT2D eigenvalue weighted by molar-refractivity contribution is -0.122. The van der Waals surface area contributed by atoms with Gasteiger partial charge in [0.2, 0.25) is 5.91 Å². The van der Waals surface area contributed by atoms with Crippen LogP contribution in [0.5, 0.6) is 5.75 Å². The van der Waals surface area contributed by atoms with E-state index >= 15 is 0 Å². The molecule has 1 N–H and O–H groups in total. The first-order chi connectivity index (χ1) is 13.5. The summed E-state index contributed by atoms with van der Waals surface area (Å²) in [5, 5.41) is 4.63. The number of aromatic nitrogens is 1. The molecule has 0 atom stereocenters. The third kappa shape index (κ3) is 5.00. The standard InChI is InChI=1S/C22H24Cl2N2O2/c1-15(2)25-22(27)14-26-20-8-7-19(28-10-4-9-23)12-17(20)13-21(26)16-5-3-6-18(24)11-16/h3,5-8,11-13,15H,4,9-10,14H2,1-2H3,(H,25,27). The minimum absolute atomic E-state index is 0.0294. The van der Waals surface area contributed by atoms with Gasteiger partial charge in [0, 0.05) is 33.5 Å². The van der Waals surface area contributed by atoms with Gasteiger partial charge in [0.15, 0.2) is 0 Å². The second-order valence-corrected chi connectivity index (χ2v) is 7.77. The Morgan fingerprint density at radius 2 is 2.00 bits per heavy atom. The number of rotatable bonds is 8. The smallest absolute Gasteiger partial charge is 0.240 e. The molecule has 0 saturated heterocycles. The van der Waals surface area contributed by atoms with E-state index in [-0.39, 0.29) is 18.5 Å². The molecule has 0 fully saturated rings. The number of amides is 1. The lowest BCUT2D eigenvalue weighted by atomic mass is 10.1. The summed E-state index contributed by atoms with van der Waals surface area (Å²) < 4.78 is 7.78. The Labute approximate surface area is 175 Å². The first-order valence-corrected chi connectivity index (χ1v) is 10.3. The van der Waals surface area contributed by atoms with Crippen LogP contribution in [0.2, 0.25) is 5.02 Å². The molecule has 3 rings (SSSR count). The van der Waals surface area contributed by atoms with Gasteiger partial charge in [-0.25, -0.2) is 0 Å². The number of carbonyl (C=O) groups is 1. The van der Waals surface area contributed by atoms with Gasteiger partial charge in [-0.2, -0.15) is 0 Å². The second kappa shape index (κ2) is 9.35. The number of hydrogen-bond acceptors (Lipinski definition) is 2. The molecule has 148 valence electrons. The Balaban J connectivity index is 2.02. The zero-order chi connectivity index (χ0) is 20.1. The molecule has 2 aromatic carbocycles. The van der Waals surface area contributed by atoms with Gasteiger partial charge < -0.3 is 14.6 Å². The van der Waals surface area contributed by atoms with E-state index < -0.39 is 0 Å². The number of nitrogens with zero attached hydrogens (tertiary/aromatic N) is 1. The number of hydrogen-bond donors (Lipinski definition) is 1. The van der Waals surface area contributed by atoms with E-state index in [0.29, 0.717) is 17.5 Å². The molecule has 0 unspecified atom stereocenters. The van der Waals surface area contributed by atoms with Crippen molar-refractivity contribution in [2.45, 2.75) is 32.9 Å². The minimum atomic E-state index is -0.0294. The maximum absolute atomic E-state index is 12.5. The van der Waals surface area contributed by atoms with Crippen molar-refractivity contribution in [3.63, 3.8) is 0 Å². The monoisotopic (exact) mass is 418 g/mol. The topological polar surface area (TPSA) is 43.3 Å². The minimum Gasteiger partial charge on any atom is -0.494 e. The van der Waals surface area contributed by atoms with Crippen LogP contribution in [0.25, 0.3) is 22.2 Å². The lowest BCUT2D eigenvalue weighted by Gasteiger charge is -2.13. The zero-order valence-corrected chi connectivity index (χ0v) is 17.6. The highest BCUT2D eigenvalue weighted by molar-refractivity contribution is 6.30. The van der Waals surface area contributed by atoms with Crippen molar-refractivity contribution in [1.82, 2.24) is 9.88 Å². The van der Waals surface area contributed by atoms with E-state index in [4.69, 9.17) is 27.9 Å². The Kier molecular flexibility index (Phi) is 6.87. The molecule has 6 heteroatoms. The van der Waals surface area contributed by atoms with Crippen molar-refractivity contribution in [2.75, 3.05) is 12.5 Å². The van der Waals surface area contributed by atoms with Gasteiger partial charge in [-0.3, -0.25) is 4.79 Å². The summed E-state index contributed by atoms with van der Waals surface area (Å²) in [7, 11) is 0. The lowest BCUT2D eigenvalue weighted by Crippen LogP contribution is -2.33. The fourth-order valence-electron chi connectivity index (χ4n) is 3.15. The number of fused-ring (bicyclic) bond motifs is 1. The van der Waals surface area contributed by atoms with Crippen LogP contribution in [0.1, 0.15) is 20.3 Å². The van der Waals surface area contributed by atoms with E-state index in [9.17, 15) is 4.79 Å². The molecular weight excluding hydrogens is 395 g/mol. The highest BCUT2D eigenvalue weighted by Gasteiger charge is 2.15. The number of ether oxygens (including phenoxy) is 1. The summed E-state index contributed by atoms with van der Waals surface area (Å²) in [6.07, 6.45) is 0.795. The van der Waals surface area contributed by atoms with Gasteiger partial charge in [0.05, 0.1) is 6.61 Å². The molecule has 0 saturated carbocycles. The molecule has 0 aliphatic rings. The van der Waals surface area contributed by atoms with Crippen LogP contribution >= 0.6 is 23.2 Å². The zero-order valence-electron chi connectivity index (χ0n) is 16.0. The van der Waals surface area contributed by atoms with Gasteiger partial charge in [0.25, 0.3) is 0 Å². The van der Waals surface area contributed by atoms with E-state index in [1.807, 2.05) is 60.9 Å². The van der Waals surface area contributed by atoms with Crippen LogP contribution in [-0.2, 0) is 11.3 Å². The third-order valence-electron chi connectivity index (χ3n) is 4.29. The molecule has 0 aliphatic carbocycles. The quantitative estimate of drug-likeness (QED) is 0.387. The predicted molar refractivity (Wildman–Crippen MR) is 116 cm³/mol. The third-order valence-corrected chi connectivity index (χ3v) is 4.79. The number of carbonyl (C=O) groups excluding carboxylic acids is 1. The van der Waals surface area contributed by atoms with Crippen LogP contribution < -0.4 is 10.1 Å². The van der Waals surface area contributed by atoms with Crippen LogP contribution in [-0.4, -0.2) is 29.0 Å². The second-order valence-electron chi connectivity index (χ2n) is 6.96. The van der Waals surface area contributed by atoms with Gasteiger partial charge >= 0.3 is 0 Å². The molecule has 1 heterocycles. The van der Waals surface area contributed by atoms with Crippen molar-refractivity contribution in [2.24, 2.45) is 0 Å². The normalized spacial score (nSPS) is 11.2. The molecule has 28 heavy (non-hydrogen) atoms. The fourth-order valence-corrected chi connectivity index (χ4v) is 3.45. The number of benzene rings is 2. The first-order valence-electron chi connectivity index (χ1n) is 9.35. The number of nitrogens with one attached hydrogen (secondary N) is 1. The molecule has 1 amide bonds. The van der Waals surface area contributed by atoms with Crippen molar-refractivity contribution in [3.8, 4) is 17.0 Å². The molecular formula is C22H24Cl2N2O2. The van der Waals surface area contributed by atoms with Gasteiger partial charge in [-0.05, 0) is 62.2 Å². The Bertz CT molecular complexity index is 966. The van der Waals surface area contributed by atoms with Gasteiger partial charge in [0.1, 0.15) is 12.3 Å². The van der Waals surface area contributed by atoms with E-state index in [2.05, 4.69) is 11.4 Å². The molecule has 0 bridgehead atoms. The average molecular weight is 419 g/mol. The molecule has 1 aromatic heterocycles. The number of halogens is 2. The molecule has 0 aliphatic heterocycles. The van der Waals surface area contributed by atoms with E-state index in [1.165, 1.54) is 0 Å². The Morgan fingerprint density at radius 1 is 1.18 bits per heavy atom. The molecule has 0 radical (unpaired) electrons. The van der Waals surface area contributed by atoms with Crippen LogP contribution in [0.15, 0.2) is 48.5 Å². The van der Waals surface area contributed by atoms with E-state index in [0.717, 1.165) is 34.3 Å². The summed E-state index contributed by atoms with van der Waals surface area (Å²) in [5.74, 6) is 1.33. The summed E-state index contributed by atoms with van der Waals surface area (Å²) in [6.45, 7) is 4.71. The van der Waals surface area contributed by atoms with Crippen molar-refractivity contribution >= 4 is 40.0 Å². The molecule has 3 aromatic rings. The highest BCUT2D eigenvalue weighted by Crippen LogP contribution is 2.32. The van der Waals surface area contributed by atoms with E-state index in [1.54, 1.807) is 0 Å². The van der Waals surface area contributed by atoms with Crippen LogP contribution in [0, 0.1) is 0 Å². The van der Waals surface area contributed by atoms with Crippen LogP contribution in [0.4, 0.5) is 0 Å². The van der Waals surface area contributed by atoms with Gasteiger partial charge in [-0.15, -0.1) is 11.6 Å². The summed E-state index contributed by atoms with van der Waals surface area (Å²) in [4.78, 5) is 12.5. The largest absolute Gasteiger partial charge is 0.494 e. The molecule has 4 nitrogen and oxygen atoms in total. The Hall–Kier alpha value is -2.17. The molecule has 0 spiro atoms. The van der Waals surface area contributed by atoms with Crippen molar-refractivity contribution in [1.29, 1.82) is 0 Å². The van der Waals surface area contributed by atoms with Crippen molar-refractivity contribution in [3.05, 3.63) is 53.6 Å². The maximum atomic E-state index is 12.5. The Morgan fingerprint density at radius 3 is 2.71 bits per heavy atom. The SMILES string of the molecule is CC(C)NC(=O)Cn1c(-c2cccc(Cl)c2)cc2cc(OCCCCl)ccc21. The summed E-state index contributed by atoms with van der Waals surface area (Å²) in [6, 6.07) is 15.7. The predicted octanol–water partition coefficient (Wildman–Crippen LogP) is 5.49. The first kappa shape index (κ1) is 20.6. The summed E-state index contributed by atoms with van der Waals surface area (Å²) in [5.41, 5.74) is 2.87. The average Bonchev–Trinajstić information content (AvgIpc) is 2.99. The van der Waals surface area contributed by atoms with Gasteiger partial charge in [-0.1, -0.05) is 23.7 Å².